The Balaban J connectivity index is 2.76. The Bertz CT molecular complexity index is 420. The van der Waals surface area contributed by atoms with Gasteiger partial charge in [-0.3, -0.25) is 9.78 Å². The van der Waals surface area contributed by atoms with Crippen molar-refractivity contribution in [2.75, 3.05) is 13.1 Å². The van der Waals surface area contributed by atoms with E-state index in [1.165, 1.54) is 0 Å². The normalized spacial score (nSPS) is 11.2. The van der Waals surface area contributed by atoms with Crippen LogP contribution in [-0.2, 0) is 0 Å². The van der Waals surface area contributed by atoms with Gasteiger partial charge in [-0.25, -0.2) is 0 Å². The fourth-order valence-corrected chi connectivity index (χ4v) is 1.99. The maximum Gasteiger partial charge on any atom is 0.272 e. The summed E-state index contributed by atoms with van der Waals surface area (Å²) in [6, 6.07) is 3.33. The SMILES string of the molecule is CC(C)CCN(CCC(C)C)C(=O)c1cc(Cl)ccn1. The molecule has 1 aromatic rings. The van der Waals surface area contributed by atoms with Gasteiger partial charge in [0.1, 0.15) is 5.69 Å². The Hall–Kier alpha value is -1.09. The summed E-state index contributed by atoms with van der Waals surface area (Å²) in [4.78, 5) is 18.6. The van der Waals surface area contributed by atoms with E-state index in [-0.39, 0.29) is 5.91 Å². The zero-order valence-corrected chi connectivity index (χ0v) is 13.7. The Labute approximate surface area is 127 Å². The van der Waals surface area contributed by atoms with Crippen molar-refractivity contribution in [3.8, 4) is 0 Å². The Morgan fingerprint density at radius 1 is 1.20 bits per heavy atom. The molecule has 0 radical (unpaired) electrons. The first kappa shape index (κ1) is 17.0. The lowest BCUT2D eigenvalue weighted by atomic mass is 10.1. The van der Waals surface area contributed by atoms with Crippen LogP contribution in [0.2, 0.25) is 5.02 Å². The van der Waals surface area contributed by atoms with Gasteiger partial charge in [0.15, 0.2) is 0 Å². The molecule has 0 atom stereocenters. The highest BCUT2D eigenvalue weighted by Crippen LogP contribution is 2.13. The summed E-state index contributed by atoms with van der Waals surface area (Å²) in [5.41, 5.74) is 0.435. The molecule has 0 fully saturated rings. The smallest absolute Gasteiger partial charge is 0.272 e. The molecule has 1 aromatic heterocycles. The lowest BCUT2D eigenvalue weighted by molar-refractivity contribution is 0.0735. The Morgan fingerprint density at radius 3 is 2.20 bits per heavy atom. The highest BCUT2D eigenvalue weighted by Gasteiger charge is 2.17. The molecule has 0 aromatic carbocycles. The van der Waals surface area contributed by atoms with E-state index in [4.69, 9.17) is 11.6 Å². The monoisotopic (exact) mass is 296 g/mol. The molecule has 0 spiro atoms. The Morgan fingerprint density at radius 2 is 1.75 bits per heavy atom. The summed E-state index contributed by atoms with van der Waals surface area (Å²) < 4.78 is 0. The first-order valence-electron chi connectivity index (χ1n) is 7.31. The number of amides is 1. The molecule has 0 saturated heterocycles. The van der Waals surface area contributed by atoms with Crippen LogP contribution in [-0.4, -0.2) is 28.9 Å². The lowest BCUT2D eigenvalue weighted by Crippen LogP contribution is -2.34. The van der Waals surface area contributed by atoms with Crippen molar-refractivity contribution in [1.29, 1.82) is 0 Å². The maximum absolute atomic E-state index is 12.5. The third kappa shape index (κ3) is 5.91. The van der Waals surface area contributed by atoms with Crippen LogP contribution in [0.5, 0.6) is 0 Å². The quantitative estimate of drug-likeness (QED) is 0.753. The molecule has 1 amide bonds. The molecule has 0 N–H and O–H groups in total. The zero-order valence-electron chi connectivity index (χ0n) is 12.9. The number of rotatable bonds is 7. The number of hydrogen-bond donors (Lipinski definition) is 0. The largest absolute Gasteiger partial charge is 0.337 e. The van der Waals surface area contributed by atoms with E-state index in [1.54, 1.807) is 18.3 Å². The summed E-state index contributed by atoms with van der Waals surface area (Å²) in [5, 5.41) is 0.552. The van der Waals surface area contributed by atoms with E-state index in [0.29, 0.717) is 22.6 Å². The number of nitrogens with zero attached hydrogens (tertiary/aromatic N) is 2. The van der Waals surface area contributed by atoms with Crippen LogP contribution in [0.1, 0.15) is 51.0 Å². The average Bonchev–Trinajstić information content (AvgIpc) is 2.37. The second-order valence-corrected chi connectivity index (χ2v) is 6.45. The number of carbonyl (C=O) groups is 1. The minimum atomic E-state index is -0.0196. The fraction of sp³-hybridized carbons (Fsp3) is 0.625. The van der Waals surface area contributed by atoms with Gasteiger partial charge in [0.2, 0.25) is 0 Å². The van der Waals surface area contributed by atoms with E-state index in [2.05, 4.69) is 32.7 Å². The first-order valence-corrected chi connectivity index (χ1v) is 7.68. The van der Waals surface area contributed by atoms with Gasteiger partial charge in [0, 0.05) is 24.3 Å². The van der Waals surface area contributed by atoms with Crippen LogP contribution in [0.3, 0.4) is 0 Å². The molecule has 4 heteroatoms. The molecule has 20 heavy (non-hydrogen) atoms. The van der Waals surface area contributed by atoms with Gasteiger partial charge in [-0.1, -0.05) is 39.3 Å². The number of halogens is 1. The molecule has 0 aliphatic carbocycles. The van der Waals surface area contributed by atoms with E-state index in [9.17, 15) is 4.79 Å². The topological polar surface area (TPSA) is 33.2 Å². The first-order chi connectivity index (χ1) is 9.40. The second-order valence-electron chi connectivity index (χ2n) is 6.02. The molecule has 112 valence electrons. The highest BCUT2D eigenvalue weighted by atomic mass is 35.5. The molecule has 0 saturated carbocycles. The molecule has 0 unspecified atom stereocenters. The molecule has 0 aliphatic rings. The van der Waals surface area contributed by atoms with Crippen molar-refractivity contribution < 1.29 is 4.79 Å². The highest BCUT2D eigenvalue weighted by molar-refractivity contribution is 6.30. The minimum Gasteiger partial charge on any atom is -0.337 e. The van der Waals surface area contributed by atoms with Crippen LogP contribution < -0.4 is 0 Å². The molecule has 1 rings (SSSR count). The van der Waals surface area contributed by atoms with E-state index in [1.807, 2.05) is 4.90 Å². The van der Waals surface area contributed by atoms with Gasteiger partial charge < -0.3 is 4.90 Å². The van der Waals surface area contributed by atoms with Gasteiger partial charge in [-0.15, -0.1) is 0 Å². The van der Waals surface area contributed by atoms with Gasteiger partial charge in [-0.05, 0) is 36.8 Å². The zero-order chi connectivity index (χ0) is 15.1. The number of aromatic nitrogens is 1. The summed E-state index contributed by atoms with van der Waals surface area (Å²) in [6.45, 7) is 10.2. The molecule has 0 bridgehead atoms. The second kappa shape index (κ2) is 8.25. The van der Waals surface area contributed by atoms with Gasteiger partial charge in [0.25, 0.3) is 5.91 Å². The summed E-state index contributed by atoms with van der Waals surface area (Å²) >= 11 is 5.94. The van der Waals surface area contributed by atoms with Crippen molar-refractivity contribution in [2.45, 2.75) is 40.5 Å². The van der Waals surface area contributed by atoms with Crippen LogP contribution in [0, 0.1) is 11.8 Å². The number of pyridine rings is 1. The Kier molecular flexibility index (Phi) is 7.00. The standard InChI is InChI=1S/C16H25ClN2O/c1-12(2)6-9-19(10-7-13(3)4)16(20)15-11-14(17)5-8-18-15/h5,8,11-13H,6-7,9-10H2,1-4H3. The van der Waals surface area contributed by atoms with Crippen LogP contribution in [0.15, 0.2) is 18.3 Å². The molecular formula is C16H25ClN2O. The summed E-state index contributed by atoms with van der Waals surface area (Å²) in [6.07, 6.45) is 3.59. The minimum absolute atomic E-state index is 0.0196. The number of hydrogen-bond acceptors (Lipinski definition) is 2. The van der Waals surface area contributed by atoms with Crippen molar-refractivity contribution in [1.82, 2.24) is 9.88 Å². The van der Waals surface area contributed by atoms with E-state index in [0.717, 1.165) is 25.9 Å². The van der Waals surface area contributed by atoms with Gasteiger partial charge in [0.05, 0.1) is 0 Å². The van der Waals surface area contributed by atoms with Crippen molar-refractivity contribution in [3.63, 3.8) is 0 Å². The molecule has 3 nitrogen and oxygen atoms in total. The fourth-order valence-electron chi connectivity index (χ4n) is 1.83. The lowest BCUT2D eigenvalue weighted by Gasteiger charge is -2.24. The van der Waals surface area contributed by atoms with Crippen LogP contribution >= 0.6 is 11.6 Å². The van der Waals surface area contributed by atoms with Crippen molar-refractivity contribution >= 4 is 17.5 Å². The van der Waals surface area contributed by atoms with Crippen LogP contribution in [0.25, 0.3) is 0 Å². The predicted molar refractivity (Wildman–Crippen MR) is 84.1 cm³/mol. The predicted octanol–water partition coefficient (Wildman–Crippen LogP) is 4.27. The third-order valence-corrected chi connectivity index (χ3v) is 3.42. The van der Waals surface area contributed by atoms with Gasteiger partial charge in [-0.2, -0.15) is 0 Å². The molecule has 1 heterocycles. The summed E-state index contributed by atoms with van der Waals surface area (Å²) in [7, 11) is 0. The average molecular weight is 297 g/mol. The third-order valence-electron chi connectivity index (χ3n) is 3.18. The van der Waals surface area contributed by atoms with Crippen LogP contribution in [0.4, 0.5) is 0 Å². The molecular weight excluding hydrogens is 272 g/mol. The van der Waals surface area contributed by atoms with E-state index < -0.39 is 0 Å². The number of carbonyl (C=O) groups excluding carboxylic acids is 1. The van der Waals surface area contributed by atoms with Gasteiger partial charge >= 0.3 is 0 Å². The van der Waals surface area contributed by atoms with Crippen molar-refractivity contribution in [2.24, 2.45) is 11.8 Å². The maximum atomic E-state index is 12.5. The summed E-state index contributed by atoms with van der Waals surface area (Å²) in [5.74, 6) is 1.14. The van der Waals surface area contributed by atoms with E-state index >= 15 is 0 Å². The van der Waals surface area contributed by atoms with Crippen molar-refractivity contribution in [3.05, 3.63) is 29.0 Å². The molecule has 0 aliphatic heterocycles.